The highest BCUT2D eigenvalue weighted by Gasteiger charge is 2.25. The molecule has 7 nitrogen and oxygen atoms in total. The van der Waals surface area contributed by atoms with E-state index in [0.717, 1.165) is 0 Å². The second-order valence-electron chi connectivity index (χ2n) is 4.30. The number of nitrogens with one attached hydrogen (secondary N) is 2. The third-order valence-corrected chi connectivity index (χ3v) is 1.95. The minimum atomic E-state index is -1.02. The van der Waals surface area contributed by atoms with Crippen LogP contribution in [-0.2, 0) is 14.3 Å². The minimum absolute atomic E-state index is 0.215. The fraction of sp³-hybridized carbons (Fsp3) is 0.700. The highest BCUT2D eigenvalue weighted by Crippen LogP contribution is 2.07. The van der Waals surface area contributed by atoms with Crippen LogP contribution in [0.15, 0.2) is 0 Å². The summed E-state index contributed by atoms with van der Waals surface area (Å²) in [7, 11) is 1.22. The second kappa shape index (κ2) is 6.07. The summed E-state index contributed by atoms with van der Waals surface area (Å²) >= 11 is 0. The molecule has 0 heterocycles. The lowest BCUT2D eigenvalue weighted by Crippen LogP contribution is -2.52. The topological polar surface area (TPSA) is 105 Å². The summed E-state index contributed by atoms with van der Waals surface area (Å²) < 4.78 is 4.43. The number of ether oxygens (including phenoxy) is 1. The molecule has 0 aromatic heterocycles. The molecule has 1 atom stereocenters. The molecule has 0 aromatic rings. The summed E-state index contributed by atoms with van der Waals surface area (Å²) in [6.45, 7) is 4.61. The van der Waals surface area contributed by atoms with E-state index in [-0.39, 0.29) is 6.42 Å². The summed E-state index contributed by atoms with van der Waals surface area (Å²) in [5.41, 5.74) is -0.897. The highest BCUT2D eigenvalue weighted by atomic mass is 16.5. The normalized spacial score (nSPS) is 12.5. The van der Waals surface area contributed by atoms with E-state index in [9.17, 15) is 14.4 Å². The van der Waals surface area contributed by atoms with Crippen LogP contribution in [-0.4, -0.2) is 41.8 Å². The number of urea groups is 1. The Morgan fingerprint density at radius 2 is 1.88 bits per heavy atom. The Hall–Kier alpha value is -1.79. The van der Waals surface area contributed by atoms with Gasteiger partial charge >= 0.3 is 18.0 Å². The zero-order valence-corrected chi connectivity index (χ0v) is 10.4. The van der Waals surface area contributed by atoms with Crippen LogP contribution in [0.1, 0.15) is 27.2 Å². The molecule has 17 heavy (non-hydrogen) atoms. The van der Waals surface area contributed by atoms with Gasteiger partial charge in [-0.25, -0.2) is 9.59 Å². The number of methoxy groups -OCH3 is 1. The Morgan fingerprint density at radius 1 is 1.35 bits per heavy atom. The van der Waals surface area contributed by atoms with E-state index in [1.807, 2.05) is 0 Å². The third-order valence-electron chi connectivity index (χ3n) is 1.95. The zero-order valence-electron chi connectivity index (χ0n) is 10.4. The van der Waals surface area contributed by atoms with Crippen molar-refractivity contribution in [1.29, 1.82) is 0 Å². The van der Waals surface area contributed by atoms with E-state index >= 15 is 0 Å². The summed E-state index contributed by atoms with van der Waals surface area (Å²) in [5.74, 6) is -1.59. The van der Waals surface area contributed by atoms with Gasteiger partial charge in [0.25, 0.3) is 0 Å². The van der Waals surface area contributed by atoms with Crippen LogP contribution in [0.25, 0.3) is 0 Å². The fourth-order valence-corrected chi connectivity index (χ4v) is 1.20. The Kier molecular flexibility index (Phi) is 5.43. The molecule has 98 valence electrons. The monoisotopic (exact) mass is 246 g/mol. The third kappa shape index (κ3) is 6.39. The first-order chi connectivity index (χ1) is 7.68. The Morgan fingerprint density at radius 3 is 2.29 bits per heavy atom. The molecule has 2 amide bonds. The average molecular weight is 246 g/mol. The van der Waals surface area contributed by atoms with Crippen molar-refractivity contribution in [1.82, 2.24) is 10.6 Å². The van der Waals surface area contributed by atoms with Gasteiger partial charge in [0, 0.05) is 5.54 Å². The number of carbonyl (C=O) groups is 3. The number of carboxylic acids is 1. The van der Waals surface area contributed by atoms with E-state index < -0.39 is 29.6 Å². The van der Waals surface area contributed by atoms with Crippen LogP contribution in [0.5, 0.6) is 0 Å². The number of amides is 2. The molecule has 0 saturated heterocycles. The van der Waals surface area contributed by atoms with Gasteiger partial charge in [0.15, 0.2) is 0 Å². The number of esters is 1. The van der Waals surface area contributed by atoms with Crippen molar-refractivity contribution < 1.29 is 24.2 Å². The van der Waals surface area contributed by atoms with Gasteiger partial charge in [-0.1, -0.05) is 0 Å². The maximum atomic E-state index is 11.4. The molecule has 0 aliphatic heterocycles. The van der Waals surface area contributed by atoms with Crippen LogP contribution in [0.4, 0.5) is 4.79 Å². The number of hydrogen-bond donors (Lipinski definition) is 3. The molecule has 7 heteroatoms. The van der Waals surface area contributed by atoms with Crippen LogP contribution in [0, 0.1) is 0 Å². The van der Waals surface area contributed by atoms with Crippen LogP contribution >= 0.6 is 0 Å². The summed E-state index contributed by atoms with van der Waals surface area (Å²) in [6.07, 6.45) is -0.215. The second-order valence-corrected chi connectivity index (χ2v) is 4.30. The molecule has 0 saturated carbocycles. The summed E-state index contributed by atoms with van der Waals surface area (Å²) in [5, 5.41) is 13.4. The quantitative estimate of drug-likeness (QED) is 0.597. The predicted molar refractivity (Wildman–Crippen MR) is 59.5 cm³/mol. The van der Waals surface area contributed by atoms with Crippen molar-refractivity contribution in [3.05, 3.63) is 0 Å². The molecule has 0 fully saturated rings. The number of rotatable bonds is 5. The van der Waals surface area contributed by atoms with Crippen molar-refractivity contribution in [2.24, 2.45) is 0 Å². The molecular weight excluding hydrogens is 228 g/mol. The predicted octanol–water partition coefficient (Wildman–Crippen LogP) is 0.100. The molecule has 0 aliphatic carbocycles. The van der Waals surface area contributed by atoms with Crippen LogP contribution in [0.3, 0.4) is 0 Å². The lowest BCUT2D eigenvalue weighted by atomic mass is 10.0. The molecule has 0 aliphatic rings. The Balaban J connectivity index is 4.26. The molecule has 0 aromatic carbocycles. The standard InChI is InChI=1S/C10H18N2O5/c1-6(8(15)17-4)11-9(16)12-10(2,3)5-7(13)14/h6H,5H2,1-4H3,(H,13,14)(H2,11,12,16). The minimum Gasteiger partial charge on any atom is -0.481 e. The van der Waals surface area contributed by atoms with Gasteiger partial charge < -0.3 is 20.5 Å². The molecule has 3 N–H and O–H groups in total. The number of carbonyl (C=O) groups excluding carboxylic acids is 2. The average Bonchev–Trinajstić information content (AvgIpc) is 2.12. The molecule has 0 spiro atoms. The van der Waals surface area contributed by atoms with E-state index in [4.69, 9.17) is 5.11 Å². The van der Waals surface area contributed by atoms with Gasteiger partial charge in [0.1, 0.15) is 6.04 Å². The Bertz CT molecular complexity index is 314. The lowest BCUT2D eigenvalue weighted by molar-refractivity contribution is -0.142. The molecule has 1 unspecified atom stereocenters. The summed E-state index contributed by atoms with van der Waals surface area (Å²) in [6, 6.07) is -1.41. The van der Waals surface area contributed by atoms with E-state index in [1.165, 1.54) is 14.0 Å². The smallest absolute Gasteiger partial charge is 0.328 e. The largest absolute Gasteiger partial charge is 0.481 e. The van der Waals surface area contributed by atoms with Crippen molar-refractivity contribution >= 4 is 18.0 Å². The van der Waals surface area contributed by atoms with E-state index in [2.05, 4.69) is 15.4 Å². The van der Waals surface area contributed by atoms with Gasteiger partial charge in [-0.3, -0.25) is 4.79 Å². The summed E-state index contributed by atoms with van der Waals surface area (Å²) in [4.78, 5) is 33.0. The van der Waals surface area contributed by atoms with E-state index in [1.54, 1.807) is 13.8 Å². The molecular formula is C10H18N2O5. The first-order valence-electron chi connectivity index (χ1n) is 5.06. The van der Waals surface area contributed by atoms with E-state index in [0.29, 0.717) is 0 Å². The van der Waals surface area contributed by atoms with Crippen LogP contribution < -0.4 is 10.6 Å². The maximum Gasteiger partial charge on any atom is 0.328 e. The van der Waals surface area contributed by atoms with Crippen LogP contribution in [0.2, 0.25) is 0 Å². The van der Waals surface area contributed by atoms with Crippen molar-refractivity contribution in [3.63, 3.8) is 0 Å². The number of carboxylic acid groups (broad SMARTS) is 1. The van der Waals surface area contributed by atoms with Crippen molar-refractivity contribution in [2.45, 2.75) is 38.8 Å². The van der Waals surface area contributed by atoms with Crippen molar-refractivity contribution in [3.8, 4) is 0 Å². The highest BCUT2D eigenvalue weighted by molar-refractivity contribution is 5.83. The maximum absolute atomic E-state index is 11.4. The first-order valence-corrected chi connectivity index (χ1v) is 5.06. The number of hydrogen-bond acceptors (Lipinski definition) is 4. The van der Waals surface area contributed by atoms with Gasteiger partial charge in [-0.05, 0) is 20.8 Å². The lowest BCUT2D eigenvalue weighted by Gasteiger charge is -2.25. The van der Waals surface area contributed by atoms with Gasteiger partial charge in [0.2, 0.25) is 0 Å². The molecule has 0 rings (SSSR count). The fourth-order valence-electron chi connectivity index (χ4n) is 1.20. The van der Waals surface area contributed by atoms with Gasteiger partial charge in [-0.15, -0.1) is 0 Å². The van der Waals surface area contributed by atoms with Crippen molar-refractivity contribution in [2.75, 3.05) is 7.11 Å². The SMILES string of the molecule is COC(=O)C(C)NC(=O)NC(C)(C)CC(=O)O. The molecule has 0 bridgehead atoms. The van der Waals surface area contributed by atoms with Gasteiger partial charge in [-0.2, -0.15) is 0 Å². The zero-order chi connectivity index (χ0) is 13.6. The Labute approximate surface area is 99.5 Å². The first kappa shape index (κ1) is 15.2. The van der Waals surface area contributed by atoms with Gasteiger partial charge in [0.05, 0.1) is 13.5 Å². The number of aliphatic carboxylic acids is 1. The molecule has 0 radical (unpaired) electrons.